The van der Waals surface area contributed by atoms with Gasteiger partial charge in [-0.25, -0.2) is 0 Å². The first kappa shape index (κ1) is 24.2. The highest BCUT2D eigenvalue weighted by molar-refractivity contribution is 7.80. The minimum absolute atomic E-state index is 0.0872. The Labute approximate surface area is 188 Å². The van der Waals surface area contributed by atoms with E-state index in [1.165, 1.54) is 24.3 Å². The van der Waals surface area contributed by atoms with Crippen LogP contribution in [0.4, 0.5) is 11.4 Å². The Morgan fingerprint density at radius 3 is 2.31 bits per heavy atom. The van der Waals surface area contributed by atoms with Crippen molar-refractivity contribution in [3.05, 3.63) is 64.2 Å². The van der Waals surface area contributed by atoms with Crippen LogP contribution >= 0.6 is 12.2 Å². The Balaban J connectivity index is 1.73. The first-order chi connectivity index (χ1) is 15.3. The predicted octanol–water partition coefficient (Wildman–Crippen LogP) is 2.05. The monoisotopic (exact) mass is 459 g/mol. The molecule has 32 heavy (non-hydrogen) atoms. The zero-order valence-electron chi connectivity index (χ0n) is 17.0. The van der Waals surface area contributed by atoms with Crippen molar-refractivity contribution < 1.29 is 24.0 Å². The number of hydrogen-bond donors (Lipinski definition) is 4. The summed E-state index contributed by atoms with van der Waals surface area (Å²) in [6.45, 7) is 2.40. The molecule has 3 amide bonds. The second-order valence-corrected chi connectivity index (χ2v) is 6.64. The summed E-state index contributed by atoms with van der Waals surface area (Å²) in [4.78, 5) is 46.3. The fourth-order valence-electron chi connectivity index (χ4n) is 2.47. The van der Waals surface area contributed by atoms with Gasteiger partial charge in [0.25, 0.3) is 11.6 Å². The topological polar surface area (TPSA) is 152 Å². The third-order valence-electron chi connectivity index (χ3n) is 3.92. The Bertz CT molecular complexity index is 1010. The third-order valence-corrected chi connectivity index (χ3v) is 4.12. The van der Waals surface area contributed by atoms with E-state index in [0.717, 1.165) is 0 Å². The van der Waals surface area contributed by atoms with Crippen LogP contribution in [-0.2, 0) is 9.59 Å². The number of nitro benzene ring substituents is 1. The summed E-state index contributed by atoms with van der Waals surface area (Å²) < 4.78 is 5.32. The van der Waals surface area contributed by atoms with E-state index in [9.17, 15) is 24.5 Å². The van der Waals surface area contributed by atoms with Crippen LogP contribution in [0.1, 0.15) is 30.1 Å². The smallest absolute Gasteiger partial charge is 0.282 e. The van der Waals surface area contributed by atoms with Gasteiger partial charge in [-0.05, 0) is 49.5 Å². The molecule has 0 aromatic heterocycles. The van der Waals surface area contributed by atoms with Crippen molar-refractivity contribution in [3.63, 3.8) is 0 Å². The summed E-state index contributed by atoms with van der Waals surface area (Å²) in [5.41, 5.74) is 4.55. The Kier molecular flexibility index (Phi) is 9.05. The molecule has 2 aromatic rings. The standard InChI is InChI=1S/C20H21N5O6S/c1-2-31-14-9-7-13(8-10-14)21-17(26)11-12-18(27)23-24-20(32)22-19(28)15-5-3-4-6-16(15)25(29)30/h3-10H,2,11-12H2,1H3,(H,21,26)(H,23,27)(H2,22,24,28,32). The van der Waals surface area contributed by atoms with Gasteiger partial charge in [-0.15, -0.1) is 0 Å². The van der Waals surface area contributed by atoms with Crippen LogP contribution in [0, 0.1) is 10.1 Å². The molecule has 12 heteroatoms. The van der Waals surface area contributed by atoms with Crippen LogP contribution in [-0.4, -0.2) is 34.4 Å². The molecule has 0 aliphatic rings. The van der Waals surface area contributed by atoms with Gasteiger partial charge in [-0.3, -0.25) is 40.7 Å². The summed E-state index contributed by atoms with van der Waals surface area (Å²) >= 11 is 4.89. The lowest BCUT2D eigenvalue weighted by Crippen LogP contribution is -2.48. The van der Waals surface area contributed by atoms with Gasteiger partial charge >= 0.3 is 0 Å². The second-order valence-electron chi connectivity index (χ2n) is 6.24. The molecule has 0 saturated heterocycles. The number of hydrazine groups is 1. The molecule has 0 fully saturated rings. The normalized spacial score (nSPS) is 9.91. The summed E-state index contributed by atoms with van der Waals surface area (Å²) in [5, 5.41) is 15.6. The number of ether oxygens (including phenoxy) is 1. The van der Waals surface area contributed by atoms with Crippen molar-refractivity contribution in [2.75, 3.05) is 11.9 Å². The molecule has 4 N–H and O–H groups in total. The van der Waals surface area contributed by atoms with E-state index in [1.807, 2.05) is 6.92 Å². The molecule has 0 heterocycles. The maximum Gasteiger partial charge on any atom is 0.282 e. The van der Waals surface area contributed by atoms with Gasteiger partial charge in [-0.1, -0.05) is 12.1 Å². The molecule has 168 valence electrons. The number of thiocarbonyl (C=S) groups is 1. The maximum absolute atomic E-state index is 12.2. The predicted molar refractivity (Wildman–Crippen MR) is 120 cm³/mol. The van der Waals surface area contributed by atoms with Crippen LogP contribution in [0.15, 0.2) is 48.5 Å². The van der Waals surface area contributed by atoms with Gasteiger partial charge in [-0.2, -0.15) is 0 Å². The molecule has 11 nitrogen and oxygen atoms in total. The highest BCUT2D eigenvalue weighted by Gasteiger charge is 2.20. The Hall–Kier alpha value is -4.06. The van der Waals surface area contributed by atoms with Gasteiger partial charge in [0, 0.05) is 24.6 Å². The maximum atomic E-state index is 12.2. The number of nitrogens with one attached hydrogen (secondary N) is 4. The Morgan fingerprint density at radius 2 is 1.66 bits per heavy atom. The number of benzene rings is 2. The van der Waals surface area contributed by atoms with Gasteiger partial charge in [0.05, 0.1) is 11.5 Å². The molecule has 0 atom stereocenters. The second kappa shape index (κ2) is 12.0. The number of anilines is 1. The van der Waals surface area contributed by atoms with Crippen molar-refractivity contribution >= 4 is 46.4 Å². The quantitative estimate of drug-likeness (QED) is 0.266. The van der Waals surface area contributed by atoms with Gasteiger partial charge in [0.1, 0.15) is 11.3 Å². The van der Waals surface area contributed by atoms with Crippen LogP contribution < -0.4 is 26.2 Å². The lowest BCUT2D eigenvalue weighted by Gasteiger charge is -2.11. The minimum atomic E-state index is -0.807. The minimum Gasteiger partial charge on any atom is -0.494 e. The molecule has 0 radical (unpaired) electrons. The van der Waals surface area contributed by atoms with Crippen molar-refractivity contribution in [1.29, 1.82) is 0 Å². The lowest BCUT2D eigenvalue weighted by atomic mass is 10.1. The molecule has 0 aliphatic heterocycles. The molecule has 0 aliphatic carbocycles. The number of carbonyl (C=O) groups is 3. The molecule has 2 rings (SSSR count). The van der Waals surface area contributed by atoms with E-state index in [1.54, 1.807) is 24.3 Å². The van der Waals surface area contributed by atoms with E-state index in [2.05, 4.69) is 21.5 Å². The van der Waals surface area contributed by atoms with Crippen LogP contribution in [0.2, 0.25) is 0 Å². The first-order valence-corrected chi connectivity index (χ1v) is 9.87. The number of nitrogens with zero attached hydrogens (tertiary/aromatic N) is 1. The van der Waals surface area contributed by atoms with E-state index in [4.69, 9.17) is 17.0 Å². The highest BCUT2D eigenvalue weighted by Crippen LogP contribution is 2.17. The van der Waals surface area contributed by atoms with Crippen molar-refractivity contribution in [1.82, 2.24) is 16.2 Å². The third kappa shape index (κ3) is 7.65. The number of rotatable bonds is 8. The molecular weight excluding hydrogens is 438 g/mol. The summed E-state index contributed by atoms with van der Waals surface area (Å²) in [6.07, 6.45) is -0.230. The molecule has 0 unspecified atom stereocenters. The highest BCUT2D eigenvalue weighted by atomic mass is 32.1. The van der Waals surface area contributed by atoms with Crippen molar-refractivity contribution in [2.24, 2.45) is 0 Å². The summed E-state index contributed by atoms with van der Waals surface area (Å²) in [7, 11) is 0. The van der Waals surface area contributed by atoms with E-state index in [0.29, 0.717) is 18.0 Å². The number of carbonyl (C=O) groups excluding carboxylic acids is 3. The average Bonchev–Trinajstić information content (AvgIpc) is 2.77. The SMILES string of the molecule is CCOc1ccc(NC(=O)CCC(=O)NNC(=S)NC(=O)c2ccccc2[N+](=O)[O-])cc1. The van der Waals surface area contributed by atoms with Crippen LogP contribution in [0.3, 0.4) is 0 Å². The first-order valence-electron chi connectivity index (χ1n) is 9.46. The van der Waals surface area contributed by atoms with E-state index < -0.39 is 16.7 Å². The van der Waals surface area contributed by atoms with Gasteiger partial charge in [0.15, 0.2) is 5.11 Å². The molecule has 0 spiro atoms. The number of amides is 3. The van der Waals surface area contributed by atoms with Crippen LogP contribution in [0.5, 0.6) is 5.75 Å². The van der Waals surface area contributed by atoms with E-state index >= 15 is 0 Å². The molecule has 0 saturated carbocycles. The number of para-hydroxylation sites is 1. The summed E-state index contributed by atoms with van der Waals surface area (Å²) in [5.74, 6) is -1.04. The molecule has 2 aromatic carbocycles. The molecule has 0 bridgehead atoms. The fourth-order valence-corrected chi connectivity index (χ4v) is 2.61. The molecular formula is C20H21N5O6S. The Morgan fingerprint density at radius 1 is 1.00 bits per heavy atom. The number of nitro groups is 1. The number of hydrogen-bond acceptors (Lipinski definition) is 7. The average molecular weight is 459 g/mol. The van der Waals surface area contributed by atoms with Crippen LogP contribution in [0.25, 0.3) is 0 Å². The van der Waals surface area contributed by atoms with Crippen molar-refractivity contribution in [3.8, 4) is 5.75 Å². The van der Waals surface area contributed by atoms with E-state index in [-0.39, 0.29) is 35.1 Å². The summed E-state index contributed by atoms with van der Waals surface area (Å²) in [6, 6.07) is 12.2. The lowest BCUT2D eigenvalue weighted by molar-refractivity contribution is -0.385. The van der Waals surface area contributed by atoms with Gasteiger partial charge in [0.2, 0.25) is 11.8 Å². The fraction of sp³-hybridized carbons (Fsp3) is 0.200. The zero-order valence-corrected chi connectivity index (χ0v) is 17.9. The largest absolute Gasteiger partial charge is 0.494 e. The zero-order chi connectivity index (χ0) is 23.5. The van der Waals surface area contributed by atoms with Gasteiger partial charge < -0.3 is 10.1 Å². The van der Waals surface area contributed by atoms with Crippen molar-refractivity contribution in [2.45, 2.75) is 19.8 Å².